The van der Waals surface area contributed by atoms with Crippen LogP contribution in [0.25, 0.3) is 0 Å². The summed E-state index contributed by atoms with van der Waals surface area (Å²) < 4.78 is 0. The first kappa shape index (κ1) is 9.97. The van der Waals surface area contributed by atoms with E-state index in [-0.39, 0.29) is 10.8 Å². The number of amides is 1. The third-order valence-corrected chi connectivity index (χ3v) is 3.35. The predicted octanol–water partition coefficient (Wildman–Crippen LogP) is 1.22. The molecule has 15 heavy (non-hydrogen) atoms. The van der Waals surface area contributed by atoms with Crippen molar-refractivity contribution in [3.8, 4) is 0 Å². The molecule has 5 nitrogen and oxygen atoms in total. The summed E-state index contributed by atoms with van der Waals surface area (Å²) in [6.45, 7) is 2.72. The Kier molecular flexibility index (Phi) is 2.36. The molecule has 1 aromatic rings. The minimum atomic E-state index is -0.959. The lowest BCUT2D eigenvalue weighted by molar-refractivity contribution is -0.116. The number of carboxylic acids is 1. The molecular formula is C9H10N2O3S. The number of carbonyl (C=O) groups is 2. The summed E-state index contributed by atoms with van der Waals surface area (Å²) in [5, 5.41) is 12.6. The Balaban J connectivity index is 2.43. The van der Waals surface area contributed by atoms with Gasteiger partial charge in [-0.05, 0) is 6.07 Å². The van der Waals surface area contributed by atoms with Crippen molar-refractivity contribution in [2.45, 2.75) is 6.92 Å². The zero-order valence-electron chi connectivity index (χ0n) is 8.11. The van der Waals surface area contributed by atoms with E-state index in [1.54, 1.807) is 11.0 Å². The Bertz CT molecular complexity index is 427. The maximum Gasteiger partial charge on any atom is 0.346 e. The fourth-order valence-corrected chi connectivity index (χ4v) is 2.56. The number of nitrogens with zero attached hydrogens (tertiary/aromatic N) is 1. The molecule has 0 unspecified atom stereocenters. The minimum absolute atomic E-state index is 0.0588. The van der Waals surface area contributed by atoms with E-state index in [0.29, 0.717) is 18.1 Å². The summed E-state index contributed by atoms with van der Waals surface area (Å²) in [4.78, 5) is 23.9. The summed E-state index contributed by atoms with van der Waals surface area (Å²) in [5.41, 5.74) is 0.735. The number of fused-ring (bicyclic) bond motifs is 1. The van der Waals surface area contributed by atoms with Gasteiger partial charge in [0, 0.05) is 20.0 Å². The van der Waals surface area contributed by atoms with Crippen molar-refractivity contribution >= 4 is 33.9 Å². The number of nitrogens with one attached hydrogen (secondary N) is 1. The first-order valence-electron chi connectivity index (χ1n) is 4.48. The SMILES string of the molecule is CC(=O)N1CCNc2cc(C(=O)O)sc21. The first-order chi connectivity index (χ1) is 7.09. The predicted molar refractivity (Wildman–Crippen MR) is 57.8 cm³/mol. The van der Waals surface area contributed by atoms with E-state index >= 15 is 0 Å². The van der Waals surface area contributed by atoms with Gasteiger partial charge >= 0.3 is 5.97 Å². The van der Waals surface area contributed by atoms with Crippen LogP contribution in [-0.2, 0) is 4.79 Å². The van der Waals surface area contributed by atoms with Crippen molar-refractivity contribution in [1.82, 2.24) is 0 Å². The van der Waals surface area contributed by atoms with E-state index in [9.17, 15) is 9.59 Å². The second-order valence-electron chi connectivity index (χ2n) is 3.23. The van der Waals surface area contributed by atoms with E-state index in [0.717, 1.165) is 17.0 Å². The molecule has 1 aliphatic heterocycles. The van der Waals surface area contributed by atoms with Gasteiger partial charge in [0.05, 0.1) is 5.69 Å². The van der Waals surface area contributed by atoms with Gasteiger partial charge in [-0.3, -0.25) is 4.79 Å². The zero-order chi connectivity index (χ0) is 11.0. The first-order valence-corrected chi connectivity index (χ1v) is 5.30. The van der Waals surface area contributed by atoms with Crippen LogP contribution in [-0.4, -0.2) is 30.1 Å². The van der Waals surface area contributed by atoms with Crippen molar-refractivity contribution < 1.29 is 14.7 Å². The summed E-state index contributed by atoms with van der Waals surface area (Å²) in [5.74, 6) is -1.02. The van der Waals surface area contributed by atoms with Crippen LogP contribution in [0.2, 0.25) is 0 Å². The normalized spacial score (nSPS) is 14.3. The van der Waals surface area contributed by atoms with Crippen LogP contribution in [0.1, 0.15) is 16.6 Å². The second kappa shape index (κ2) is 3.54. The topological polar surface area (TPSA) is 69.6 Å². The monoisotopic (exact) mass is 226 g/mol. The number of rotatable bonds is 1. The summed E-state index contributed by atoms with van der Waals surface area (Å²) in [7, 11) is 0. The zero-order valence-corrected chi connectivity index (χ0v) is 8.93. The molecule has 0 saturated carbocycles. The Morgan fingerprint density at radius 2 is 2.33 bits per heavy atom. The van der Waals surface area contributed by atoms with Gasteiger partial charge in [0.15, 0.2) is 0 Å². The van der Waals surface area contributed by atoms with Gasteiger partial charge in [-0.2, -0.15) is 0 Å². The summed E-state index contributed by atoms with van der Waals surface area (Å²) in [6, 6.07) is 1.57. The fraction of sp³-hybridized carbons (Fsp3) is 0.333. The number of hydrogen-bond acceptors (Lipinski definition) is 4. The standard InChI is InChI=1S/C9H10N2O3S/c1-5(12)11-3-2-10-6-4-7(9(13)14)15-8(6)11/h4,10H,2-3H2,1H3,(H,13,14). The fourth-order valence-electron chi connectivity index (χ4n) is 1.52. The van der Waals surface area contributed by atoms with Gasteiger partial charge < -0.3 is 15.3 Å². The largest absolute Gasteiger partial charge is 0.477 e. The lowest BCUT2D eigenvalue weighted by Crippen LogP contribution is -2.36. The summed E-state index contributed by atoms with van der Waals surface area (Å²) in [6.07, 6.45) is 0. The van der Waals surface area contributed by atoms with Gasteiger partial charge in [0.1, 0.15) is 9.88 Å². The number of carboxylic acid groups (broad SMARTS) is 1. The minimum Gasteiger partial charge on any atom is -0.477 e. The molecule has 1 aromatic heterocycles. The molecule has 0 bridgehead atoms. The molecule has 80 valence electrons. The van der Waals surface area contributed by atoms with Gasteiger partial charge in [-0.15, -0.1) is 11.3 Å². The average Bonchev–Trinajstić information content (AvgIpc) is 2.60. The van der Waals surface area contributed by atoms with Crippen molar-refractivity contribution in [3.05, 3.63) is 10.9 Å². The molecule has 6 heteroatoms. The number of aromatic carboxylic acids is 1. The highest BCUT2D eigenvalue weighted by molar-refractivity contribution is 7.18. The molecule has 0 saturated heterocycles. The molecule has 0 aromatic carbocycles. The maximum absolute atomic E-state index is 11.3. The second-order valence-corrected chi connectivity index (χ2v) is 4.26. The quantitative estimate of drug-likeness (QED) is 0.755. The van der Waals surface area contributed by atoms with E-state index in [4.69, 9.17) is 5.11 Å². The molecule has 0 spiro atoms. The molecular weight excluding hydrogens is 216 g/mol. The smallest absolute Gasteiger partial charge is 0.346 e. The lowest BCUT2D eigenvalue weighted by Gasteiger charge is -2.26. The molecule has 2 N–H and O–H groups in total. The van der Waals surface area contributed by atoms with Crippen LogP contribution in [0, 0.1) is 0 Å². The number of anilines is 2. The van der Waals surface area contributed by atoms with Crippen LogP contribution in [0.4, 0.5) is 10.7 Å². The van der Waals surface area contributed by atoms with Crippen LogP contribution in [0.5, 0.6) is 0 Å². The Hall–Kier alpha value is -1.56. The van der Waals surface area contributed by atoms with E-state index in [2.05, 4.69) is 5.32 Å². The summed E-state index contributed by atoms with van der Waals surface area (Å²) >= 11 is 1.12. The van der Waals surface area contributed by atoms with Crippen LogP contribution in [0.3, 0.4) is 0 Å². The van der Waals surface area contributed by atoms with Crippen molar-refractivity contribution in [1.29, 1.82) is 0 Å². The molecule has 2 rings (SSSR count). The number of thiophene rings is 1. The molecule has 2 heterocycles. The Morgan fingerprint density at radius 1 is 1.60 bits per heavy atom. The van der Waals surface area contributed by atoms with Crippen molar-refractivity contribution in [2.75, 3.05) is 23.3 Å². The van der Waals surface area contributed by atoms with Gasteiger partial charge in [0.2, 0.25) is 5.91 Å². The van der Waals surface area contributed by atoms with Gasteiger partial charge in [-0.1, -0.05) is 0 Å². The molecule has 0 fully saturated rings. The Labute approximate surface area is 90.3 Å². The highest BCUT2D eigenvalue weighted by Crippen LogP contribution is 2.38. The van der Waals surface area contributed by atoms with Crippen LogP contribution >= 0.6 is 11.3 Å². The van der Waals surface area contributed by atoms with Gasteiger partial charge in [0.25, 0.3) is 0 Å². The van der Waals surface area contributed by atoms with E-state index < -0.39 is 5.97 Å². The molecule has 1 amide bonds. The van der Waals surface area contributed by atoms with Crippen LogP contribution < -0.4 is 10.2 Å². The lowest BCUT2D eigenvalue weighted by atomic mass is 10.3. The third-order valence-electron chi connectivity index (χ3n) is 2.20. The highest BCUT2D eigenvalue weighted by Gasteiger charge is 2.24. The van der Waals surface area contributed by atoms with Gasteiger partial charge in [-0.25, -0.2) is 4.79 Å². The number of hydrogen-bond donors (Lipinski definition) is 2. The average molecular weight is 226 g/mol. The Morgan fingerprint density at radius 3 is 2.93 bits per heavy atom. The maximum atomic E-state index is 11.3. The van der Waals surface area contributed by atoms with Crippen molar-refractivity contribution in [3.63, 3.8) is 0 Å². The molecule has 0 aliphatic carbocycles. The molecule has 0 radical (unpaired) electrons. The molecule has 0 atom stereocenters. The van der Waals surface area contributed by atoms with E-state index in [1.807, 2.05) is 0 Å². The van der Waals surface area contributed by atoms with Crippen molar-refractivity contribution in [2.24, 2.45) is 0 Å². The van der Waals surface area contributed by atoms with Crippen LogP contribution in [0.15, 0.2) is 6.07 Å². The third kappa shape index (κ3) is 1.68. The molecule has 1 aliphatic rings. The number of carbonyl (C=O) groups excluding carboxylic acids is 1. The van der Waals surface area contributed by atoms with E-state index in [1.165, 1.54) is 6.92 Å². The highest BCUT2D eigenvalue weighted by atomic mass is 32.1.